The molecule has 4 nitrogen and oxygen atoms in total. The minimum atomic E-state index is 0.108. The summed E-state index contributed by atoms with van der Waals surface area (Å²) in [6.45, 7) is 0. The van der Waals surface area contributed by atoms with Crippen LogP contribution in [0.4, 0.5) is 0 Å². The Balaban J connectivity index is 1.41. The molecule has 1 saturated carbocycles. The lowest BCUT2D eigenvalue weighted by Gasteiger charge is -2.29. The fourth-order valence-corrected chi connectivity index (χ4v) is 3.59. The molecule has 0 saturated heterocycles. The van der Waals surface area contributed by atoms with Gasteiger partial charge in [0.25, 0.3) is 0 Å². The van der Waals surface area contributed by atoms with Crippen LogP contribution in [-0.2, 0) is 11.2 Å². The van der Waals surface area contributed by atoms with E-state index < -0.39 is 0 Å². The first-order valence-electron chi connectivity index (χ1n) is 7.79. The minimum absolute atomic E-state index is 0.108. The summed E-state index contributed by atoms with van der Waals surface area (Å²) < 4.78 is 5.87. The Bertz CT molecular complexity index is 623. The lowest BCUT2D eigenvalue weighted by Crippen LogP contribution is -2.40. The molecule has 2 heterocycles. The molecule has 0 atom stereocenters. The molecule has 23 heavy (non-hydrogen) atoms. The molecule has 1 N–H and O–H groups in total. The standard InChI is InChI=1S/C17H19ClN2O2S/c18-12-3-8-17(19-11-12)22-14-6-4-13(5-7-14)20-16(21)10-15-2-1-9-23-15/h1-3,8-9,11,13-14H,4-7,10H2,(H,20,21). The van der Waals surface area contributed by atoms with Gasteiger partial charge >= 0.3 is 0 Å². The first-order valence-corrected chi connectivity index (χ1v) is 9.05. The largest absolute Gasteiger partial charge is 0.474 e. The summed E-state index contributed by atoms with van der Waals surface area (Å²) in [5.74, 6) is 0.718. The number of nitrogens with zero attached hydrogens (tertiary/aromatic N) is 1. The smallest absolute Gasteiger partial charge is 0.225 e. The van der Waals surface area contributed by atoms with Crippen molar-refractivity contribution >= 4 is 28.8 Å². The van der Waals surface area contributed by atoms with Crippen molar-refractivity contribution in [2.75, 3.05) is 0 Å². The van der Waals surface area contributed by atoms with E-state index in [0.717, 1.165) is 30.6 Å². The van der Waals surface area contributed by atoms with Gasteiger partial charge in [0.05, 0.1) is 11.4 Å². The van der Waals surface area contributed by atoms with Crippen LogP contribution in [0.1, 0.15) is 30.6 Å². The van der Waals surface area contributed by atoms with Crippen LogP contribution in [-0.4, -0.2) is 23.0 Å². The molecule has 1 aliphatic rings. The minimum Gasteiger partial charge on any atom is -0.474 e. The van der Waals surface area contributed by atoms with Crippen LogP contribution in [0.3, 0.4) is 0 Å². The second kappa shape index (κ2) is 7.79. The van der Waals surface area contributed by atoms with Crippen molar-refractivity contribution in [1.82, 2.24) is 10.3 Å². The quantitative estimate of drug-likeness (QED) is 0.891. The zero-order valence-corrected chi connectivity index (χ0v) is 14.3. The molecular weight excluding hydrogens is 332 g/mol. The van der Waals surface area contributed by atoms with E-state index in [9.17, 15) is 4.79 Å². The first-order chi connectivity index (χ1) is 11.2. The summed E-state index contributed by atoms with van der Waals surface area (Å²) in [4.78, 5) is 17.3. The van der Waals surface area contributed by atoms with Crippen molar-refractivity contribution in [1.29, 1.82) is 0 Å². The number of halogens is 1. The third-order valence-electron chi connectivity index (χ3n) is 3.94. The second-order valence-corrected chi connectivity index (χ2v) is 7.20. The number of hydrogen-bond donors (Lipinski definition) is 1. The van der Waals surface area contributed by atoms with E-state index in [1.807, 2.05) is 17.5 Å². The van der Waals surface area contributed by atoms with Gasteiger partial charge in [-0.1, -0.05) is 17.7 Å². The molecule has 2 aromatic rings. The Hall–Kier alpha value is -1.59. The van der Waals surface area contributed by atoms with E-state index in [1.54, 1.807) is 29.7 Å². The van der Waals surface area contributed by atoms with Gasteiger partial charge < -0.3 is 10.1 Å². The van der Waals surface area contributed by atoms with Gasteiger partial charge in [0.1, 0.15) is 6.10 Å². The maximum atomic E-state index is 12.0. The number of pyridine rings is 1. The molecule has 0 aromatic carbocycles. The molecule has 2 aromatic heterocycles. The fraction of sp³-hybridized carbons (Fsp3) is 0.412. The van der Waals surface area contributed by atoms with Gasteiger partial charge in [-0.2, -0.15) is 0 Å². The highest BCUT2D eigenvalue weighted by atomic mass is 35.5. The zero-order chi connectivity index (χ0) is 16.1. The van der Waals surface area contributed by atoms with Crippen molar-refractivity contribution in [2.24, 2.45) is 0 Å². The van der Waals surface area contributed by atoms with E-state index in [1.165, 1.54) is 0 Å². The van der Waals surface area contributed by atoms with Gasteiger partial charge in [0, 0.05) is 23.2 Å². The highest BCUT2D eigenvalue weighted by Crippen LogP contribution is 2.23. The summed E-state index contributed by atoms with van der Waals surface area (Å²) in [7, 11) is 0. The molecule has 6 heteroatoms. The predicted octanol–water partition coefficient (Wildman–Crippen LogP) is 3.85. The fourth-order valence-electron chi connectivity index (χ4n) is 2.78. The van der Waals surface area contributed by atoms with E-state index in [2.05, 4.69) is 10.3 Å². The van der Waals surface area contributed by atoms with E-state index in [0.29, 0.717) is 17.3 Å². The summed E-state index contributed by atoms with van der Waals surface area (Å²) in [5.41, 5.74) is 0. The molecular formula is C17H19ClN2O2S. The van der Waals surface area contributed by atoms with E-state index in [-0.39, 0.29) is 18.1 Å². The Morgan fingerprint density at radius 2 is 2.13 bits per heavy atom. The number of nitrogens with one attached hydrogen (secondary N) is 1. The summed E-state index contributed by atoms with van der Waals surface area (Å²) in [6, 6.07) is 7.78. The van der Waals surface area contributed by atoms with Crippen molar-refractivity contribution in [3.8, 4) is 5.88 Å². The van der Waals surface area contributed by atoms with Gasteiger partial charge in [-0.3, -0.25) is 4.79 Å². The van der Waals surface area contributed by atoms with Crippen molar-refractivity contribution in [3.63, 3.8) is 0 Å². The van der Waals surface area contributed by atoms with Crippen LogP contribution >= 0.6 is 22.9 Å². The molecule has 1 aliphatic carbocycles. The van der Waals surface area contributed by atoms with Crippen LogP contribution < -0.4 is 10.1 Å². The molecule has 1 amide bonds. The van der Waals surface area contributed by atoms with E-state index in [4.69, 9.17) is 16.3 Å². The van der Waals surface area contributed by atoms with Gasteiger partial charge in [0.2, 0.25) is 11.8 Å². The maximum absolute atomic E-state index is 12.0. The molecule has 0 radical (unpaired) electrons. The van der Waals surface area contributed by atoms with Crippen molar-refractivity contribution in [2.45, 2.75) is 44.2 Å². The molecule has 122 valence electrons. The van der Waals surface area contributed by atoms with Gasteiger partial charge in [-0.05, 0) is 43.2 Å². The lowest BCUT2D eigenvalue weighted by molar-refractivity contribution is -0.121. The monoisotopic (exact) mass is 350 g/mol. The van der Waals surface area contributed by atoms with Crippen LogP contribution in [0.2, 0.25) is 5.02 Å². The van der Waals surface area contributed by atoms with Crippen molar-refractivity contribution < 1.29 is 9.53 Å². The van der Waals surface area contributed by atoms with E-state index >= 15 is 0 Å². The summed E-state index contributed by atoms with van der Waals surface area (Å²) in [6.07, 6.45) is 5.95. The molecule has 3 rings (SSSR count). The van der Waals surface area contributed by atoms with Crippen LogP contribution in [0.25, 0.3) is 0 Å². The topological polar surface area (TPSA) is 51.2 Å². The number of carbonyl (C=O) groups is 1. The Kier molecular flexibility index (Phi) is 5.51. The molecule has 0 unspecified atom stereocenters. The number of rotatable bonds is 5. The highest BCUT2D eigenvalue weighted by molar-refractivity contribution is 7.10. The SMILES string of the molecule is O=C(Cc1cccs1)NC1CCC(Oc2ccc(Cl)cn2)CC1. The summed E-state index contributed by atoms with van der Waals surface area (Å²) >= 11 is 7.43. The molecule has 0 spiro atoms. The highest BCUT2D eigenvalue weighted by Gasteiger charge is 2.24. The molecule has 0 bridgehead atoms. The molecule has 0 aliphatic heterocycles. The third kappa shape index (κ3) is 4.94. The number of carbonyl (C=O) groups excluding carboxylic acids is 1. The van der Waals surface area contributed by atoms with Crippen molar-refractivity contribution in [3.05, 3.63) is 45.7 Å². The van der Waals surface area contributed by atoms with Gasteiger partial charge in [-0.25, -0.2) is 4.98 Å². The second-order valence-electron chi connectivity index (χ2n) is 5.73. The average molecular weight is 351 g/mol. The average Bonchev–Trinajstić information content (AvgIpc) is 3.04. The number of amides is 1. The van der Waals surface area contributed by atoms with Gasteiger partial charge in [0.15, 0.2) is 0 Å². The third-order valence-corrected chi connectivity index (χ3v) is 5.04. The first kappa shape index (κ1) is 16.3. The lowest BCUT2D eigenvalue weighted by atomic mass is 9.93. The number of aromatic nitrogens is 1. The van der Waals surface area contributed by atoms with Crippen LogP contribution in [0, 0.1) is 0 Å². The predicted molar refractivity (Wildman–Crippen MR) is 92.1 cm³/mol. The van der Waals surface area contributed by atoms with Crippen LogP contribution in [0.5, 0.6) is 5.88 Å². The number of hydrogen-bond acceptors (Lipinski definition) is 4. The number of ether oxygens (including phenoxy) is 1. The maximum Gasteiger partial charge on any atom is 0.225 e. The summed E-state index contributed by atoms with van der Waals surface area (Å²) in [5, 5.41) is 5.73. The normalized spacial score (nSPS) is 20.9. The van der Waals surface area contributed by atoms with Crippen LogP contribution in [0.15, 0.2) is 35.8 Å². The zero-order valence-electron chi connectivity index (χ0n) is 12.7. The Labute approximate surface area is 144 Å². The Morgan fingerprint density at radius 1 is 1.30 bits per heavy atom. The Morgan fingerprint density at radius 3 is 2.78 bits per heavy atom. The molecule has 1 fully saturated rings. The number of thiophene rings is 1. The van der Waals surface area contributed by atoms with Gasteiger partial charge in [-0.15, -0.1) is 11.3 Å².